The average Bonchev–Trinajstić information content (AvgIpc) is 3.43. The van der Waals surface area contributed by atoms with E-state index in [4.69, 9.17) is 43.6 Å². The lowest BCUT2D eigenvalue weighted by molar-refractivity contribution is 0.0997. The van der Waals surface area contributed by atoms with E-state index in [2.05, 4.69) is 10.3 Å². The molecule has 0 radical (unpaired) electrons. The smallest absolute Gasteiger partial charge is 0.291 e. The first-order chi connectivity index (χ1) is 15.5. The first-order valence-corrected chi connectivity index (χ1v) is 10.6. The largest absolute Gasteiger partial charge is 0.451 e. The van der Waals surface area contributed by atoms with Crippen molar-refractivity contribution in [2.75, 3.05) is 5.32 Å². The van der Waals surface area contributed by atoms with Gasteiger partial charge in [0.1, 0.15) is 11.3 Å². The summed E-state index contributed by atoms with van der Waals surface area (Å²) in [6, 6.07) is 20.9. The molecule has 32 heavy (non-hydrogen) atoms. The molecule has 0 saturated heterocycles. The van der Waals surface area contributed by atoms with Crippen molar-refractivity contribution in [2.24, 2.45) is 0 Å². The van der Waals surface area contributed by atoms with Crippen LogP contribution in [0.4, 0.5) is 5.69 Å². The first kappa shape index (κ1) is 20.6. The van der Waals surface area contributed by atoms with Gasteiger partial charge in [-0.25, -0.2) is 4.98 Å². The second-order valence-corrected chi connectivity index (χ2v) is 8.15. The Hall–Kier alpha value is -3.25. The van der Waals surface area contributed by atoms with Gasteiger partial charge >= 0.3 is 0 Å². The lowest BCUT2D eigenvalue weighted by atomic mass is 10.2. The summed E-state index contributed by atoms with van der Waals surface area (Å²) < 4.78 is 11.5. The molecule has 0 bridgehead atoms. The van der Waals surface area contributed by atoms with Crippen LogP contribution in [-0.4, -0.2) is 10.9 Å². The van der Waals surface area contributed by atoms with Gasteiger partial charge in [-0.3, -0.25) is 4.79 Å². The van der Waals surface area contributed by atoms with Crippen molar-refractivity contribution in [3.05, 3.63) is 93.6 Å². The van der Waals surface area contributed by atoms with Crippen LogP contribution in [0.2, 0.25) is 15.1 Å². The summed E-state index contributed by atoms with van der Waals surface area (Å²) in [5.41, 5.74) is 3.16. The molecule has 0 spiro atoms. The third-order valence-electron chi connectivity index (χ3n) is 4.76. The Labute approximate surface area is 197 Å². The summed E-state index contributed by atoms with van der Waals surface area (Å²) in [6.07, 6.45) is 0. The Morgan fingerprint density at radius 2 is 1.72 bits per heavy atom. The zero-order chi connectivity index (χ0) is 22.2. The van der Waals surface area contributed by atoms with Gasteiger partial charge in [0.05, 0.1) is 10.0 Å². The topological polar surface area (TPSA) is 68.3 Å². The number of halogens is 3. The van der Waals surface area contributed by atoms with Crippen molar-refractivity contribution >= 4 is 57.5 Å². The van der Waals surface area contributed by atoms with Crippen LogP contribution in [0.15, 0.2) is 81.6 Å². The molecule has 1 N–H and O–H groups in total. The fraction of sp³-hybridized carbons (Fsp3) is 0. The van der Waals surface area contributed by atoms with Crippen molar-refractivity contribution in [3.8, 4) is 22.8 Å². The highest BCUT2D eigenvalue weighted by Gasteiger charge is 2.16. The number of oxazole rings is 1. The van der Waals surface area contributed by atoms with E-state index in [0.717, 1.165) is 0 Å². The van der Waals surface area contributed by atoms with Gasteiger partial charge in [0.25, 0.3) is 5.91 Å². The maximum Gasteiger partial charge on any atom is 0.291 e. The molecule has 8 heteroatoms. The predicted molar refractivity (Wildman–Crippen MR) is 127 cm³/mol. The second kappa shape index (κ2) is 8.36. The highest BCUT2D eigenvalue weighted by Crippen LogP contribution is 2.34. The van der Waals surface area contributed by atoms with Crippen molar-refractivity contribution in [1.29, 1.82) is 0 Å². The molecule has 0 atom stereocenters. The number of anilines is 1. The van der Waals surface area contributed by atoms with Gasteiger partial charge < -0.3 is 14.2 Å². The van der Waals surface area contributed by atoms with Gasteiger partial charge in [-0.05, 0) is 60.7 Å². The molecule has 0 aliphatic rings. The molecule has 0 saturated carbocycles. The SMILES string of the molecule is O=C(Nc1cccc(-c2nc3cc(Cl)ccc3o2)c1)c1ccc(-c2cccc(Cl)c2Cl)o1. The molecule has 0 aliphatic carbocycles. The van der Waals surface area contributed by atoms with Gasteiger partial charge in [0.2, 0.25) is 5.89 Å². The number of nitrogens with zero attached hydrogens (tertiary/aromatic N) is 1. The predicted octanol–water partition coefficient (Wildman–Crippen LogP) is 7.97. The maximum absolute atomic E-state index is 12.7. The summed E-state index contributed by atoms with van der Waals surface area (Å²) in [5.74, 6) is 0.602. The molecule has 5 rings (SSSR count). The van der Waals surface area contributed by atoms with E-state index in [9.17, 15) is 4.79 Å². The molecule has 5 nitrogen and oxygen atoms in total. The molecule has 2 heterocycles. The minimum atomic E-state index is -0.407. The molecule has 158 valence electrons. The zero-order valence-corrected chi connectivity index (χ0v) is 18.5. The number of hydrogen-bond donors (Lipinski definition) is 1. The Kier molecular flexibility index (Phi) is 5.39. The number of rotatable bonds is 4. The number of benzene rings is 3. The van der Waals surface area contributed by atoms with Gasteiger partial charge in [0, 0.05) is 21.8 Å². The number of hydrogen-bond acceptors (Lipinski definition) is 4. The van der Waals surface area contributed by atoms with Gasteiger partial charge in [-0.2, -0.15) is 0 Å². The standard InChI is InChI=1S/C24H13Cl3N2O3/c25-14-7-8-20-18(12-14)29-24(32-20)13-3-1-4-15(11-13)28-23(30)21-10-9-19(31-21)16-5-2-6-17(26)22(16)27/h1-12H,(H,28,30). The van der Waals surface area contributed by atoms with Crippen LogP contribution in [0.1, 0.15) is 10.6 Å². The average molecular weight is 484 g/mol. The Bertz CT molecular complexity index is 1470. The van der Waals surface area contributed by atoms with Crippen LogP contribution in [0.5, 0.6) is 0 Å². The van der Waals surface area contributed by atoms with Gasteiger partial charge in [0.15, 0.2) is 11.3 Å². The van der Waals surface area contributed by atoms with E-state index in [-0.39, 0.29) is 5.76 Å². The molecule has 0 unspecified atom stereocenters. The zero-order valence-electron chi connectivity index (χ0n) is 16.2. The summed E-state index contributed by atoms with van der Waals surface area (Å²) in [4.78, 5) is 17.2. The van der Waals surface area contributed by atoms with Crippen molar-refractivity contribution < 1.29 is 13.6 Å². The number of carbonyl (C=O) groups is 1. The van der Waals surface area contributed by atoms with E-state index in [1.54, 1.807) is 66.7 Å². The summed E-state index contributed by atoms with van der Waals surface area (Å²) in [6.45, 7) is 0. The van der Waals surface area contributed by atoms with Crippen LogP contribution in [0.3, 0.4) is 0 Å². The number of carbonyl (C=O) groups excluding carboxylic acids is 1. The number of nitrogens with one attached hydrogen (secondary N) is 1. The third kappa shape index (κ3) is 3.98. The van der Waals surface area contributed by atoms with Crippen LogP contribution in [0.25, 0.3) is 33.9 Å². The number of amides is 1. The number of furan rings is 1. The molecule has 3 aromatic carbocycles. The van der Waals surface area contributed by atoms with Crippen LogP contribution in [-0.2, 0) is 0 Å². The monoisotopic (exact) mass is 482 g/mol. The Balaban J connectivity index is 1.38. The normalized spacial score (nSPS) is 11.1. The van der Waals surface area contributed by atoms with Crippen LogP contribution < -0.4 is 5.32 Å². The maximum atomic E-state index is 12.7. The quantitative estimate of drug-likeness (QED) is 0.281. The van der Waals surface area contributed by atoms with Crippen molar-refractivity contribution in [1.82, 2.24) is 4.98 Å². The van der Waals surface area contributed by atoms with E-state index in [0.29, 0.717) is 54.6 Å². The lowest BCUT2D eigenvalue weighted by Gasteiger charge is -2.05. The number of fused-ring (bicyclic) bond motifs is 1. The van der Waals surface area contributed by atoms with E-state index in [1.807, 2.05) is 6.07 Å². The molecule has 1 amide bonds. The summed E-state index contributed by atoms with van der Waals surface area (Å²) in [7, 11) is 0. The molecule has 0 aliphatic heterocycles. The highest BCUT2D eigenvalue weighted by atomic mass is 35.5. The lowest BCUT2D eigenvalue weighted by Crippen LogP contribution is -2.10. The second-order valence-electron chi connectivity index (χ2n) is 6.93. The van der Waals surface area contributed by atoms with Gasteiger partial charge in [-0.15, -0.1) is 0 Å². The minimum absolute atomic E-state index is 0.137. The molecule has 5 aromatic rings. The van der Waals surface area contributed by atoms with Crippen molar-refractivity contribution in [2.45, 2.75) is 0 Å². The molecule has 2 aromatic heterocycles. The van der Waals surface area contributed by atoms with E-state index < -0.39 is 5.91 Å². The van der Waals surface area contributed by atoms with E-state index >= 15 is 0 Å². The molecular formula is C24H13Cl3N2O3. The van der Waals surface area contributed by atoms with Crippen LogP contribution in [0, 0.1) is 0 Å². The van der Waals surface area contributed by atoms with Crippen LogP contribution >= 0.6 is 34.8 Å². The fourth-order valence-electron chi connectivity index (χ4n) is 3.25. The third-order valence-corrected chi connectivity index (χ3v) is 5.82. The first-order valence-electron chi connectivity index (χ1n) is 9.50. The van der Waals surface area contributed by atoms with E-state index in [1.165, 1.54) is 0 Å². The highest BCUT2D eigenvalue weighted by molar-refractivity contribution is 6.43. The Morgan fingerprint density at radius 1 is 0.875 bits per heavy atom. The molecular weight excluding hydrogens is 471 g/mol. The summed E-state index contributed by atoms with van der Waals surface area (Å²) in [5, 5.41) is 4.17. The van der Waals surface area contributed by atoms with Gasteiger partial charge in [-0.1, -0.05) is 46.9 Å². The Morgan fingerprint density at radius 3 is 2.59 bits per heavy atom. The number of aromatic nitrogens is 1. The fourth-order valence-corrected chi connectivity index (χ4v) is 3.81. The molecule has 0 fully saturated rings. The summed E-state index contributed by atoms with van der Waals surface area (Å²) >= 11 is 18.3. The minimum Gasteiger partial charge on any atom is -0.451 e. The van der Waals surface area contributed by atoms with Crippen molar-refractivity contribution in [3.63, 3.8) is 0 Å².